The Bertz CT molecular complexity index is 942. The van der Waals surface area contributed by atoms with Crippen LogP contribution in [0.4, 0.5) is 0 Å². The van der Waals surface area contributed by atoms with E-state index in [2.05, 4.69) is 36.6 Å². The Kier molecular flexibility index (Phi) is 5.72. The second-order valence-electron chi connectivity index (χ2n) is 7.30. The molecule has 1 aromatic carbocycles. The Morgan fingerprint density at radius 2 is 2.15 bits per heavy atom. The average Bonchev–Trinajstić information content (AvgIpc) is 3.35. The number of thiophene rings is 1. The standard InChI is InChI=1S/C22H25NO3S/c1-2-16-7-8-20-17(12-22(24)26-21(20)11-16)13-23(14-18-5-3-9-25-18)15-19-6-4-10-27-19/h4,6-8,10-12,18H,2-3,5,9,13-15H2,1H3/p+1/t18-/m0/s1. The molecule has 0 radical (unpaired) electrons. The first-order valence-electron chi connectivity index (χ1n) is 9.74. The quantitative estimate of drug-likeness (QED) is 0.637. The Labute approximate surface area is 163 Å². The van der Waals surface area contributed by atoms with Gasteiger partial charge < -0.3 is 14.1 Å². The molecule has 142 valence electrons. The summed E-state index contributed by atoms with van der Waals surface area (Å²) in [7, 11) is 0. The predicted octanol–water partition coefficient (Wildman–Crippen LogP) is 3.18. The zero-order valence-corrected chi connectivity index (χ0v) is 16.5. The summed E-state index contributed by atoms with van der Waals surface area (Å²) in [6.45, 7) is 5.69. The Hall–Kier alpha value is -1.95. The fraction of sp³-hybridized carbons (Fsp3) is 0.409. The molecule has 0 aliphatic carbocycles. The number of benzene rings is 1. The summed E-state index contributed by atoms with van der Waals surface area (Å²) >= 11 is 1.79. The van der Waals surface area contributed by atoms with Crippen molar-refractivity contribution >= 4 is 22.3 Å². The molecule has 1 aliphatic heterocycles. The van der Waals surface area contributed by atoms with Gasteiger partial charge in [0.25, 0.3) is 0 Å². The minimum absolute atomic E-state index is 0.265. The van der Waals surface area contributed by atoms with Gasteiger partial charge in [0.2, 0.25) is 0 Å². The van der Waals surface area contributed by atoms with E-state index in [1.165, 1.54) is 15.3 Å². The van der Waals surface area contributed by atoms with Crippen LogP contribution in [0, 0.1) is 0 Å². The third-order valence-electron chi connectivity index (χ3n) is 5.29. The molecule has 0 bridgehead atoms. The van der Waals surface area contributed by atoms with Crippen LogP contribution in [0.3, 0.4) is 0 Å². The molecule has 1 unspecified atom stereocenters. The summed E-state index contributed by atoms with van der Waals surface area (Å²) in [5, 5.41) is 3.17. The first-order chi connectivity index (χ1) is 13.2. The summed E-state index contributed by atoms with van der Waals surface area (Å²) in [4.78, 5) is 14.9. The third kappa shape index (κ3) is 4.49. The van der Waals surface area contributed by atoms with Crippen molar-refractivity contribution in [3.05, 3.63) is 68.2 Å². The molecule has 1 aliphatic rings. The van der Waals surface area contributed by atoms with Crippen LogP contribution >= 0.6 is 11.3 Å². The van der Waals surface area contributed by atoms with Gasteiger partial charge in [-0.1, -0.05) is 25.1 Å². The molecule has 3 aromatic rings. The van der Waals surface area contributed by atoms with Gasteiger partial charge in [-0.2, -0.15) is 0 Å². The van der Waals surface area contributed by atoms with Crippen LogP contribution in [-0.4, -0.2) is 19.3 Å². The van der Waals surface area contributed by atoms with Gasteiger partial charge in [0, 0.05) is 23.6 Å². The molecule has 1 fully saturated rings. The van der Waals surface area contributed by atoms with Gasteiger partial charge >= 0.3 is 5.63 Å². The predicted molar refractivity (Wildman–Crippen MR) is 108 cm³/mol. The van der Waals surface area contributed by atoms with Gasteiger partial charge in [-0.05, 0) is 42.3 Å². The molecule has 1 saturated heterocycles. The van der Waals surface area contributed by atoms with Crippen molar-refractivity contribution in [2.45, 2.75) is 45.4 Å². The number of quaternary nitrogens is 1. The Balaban J connectivity index is 1.63. The second kappa shape index (κ2) is 8.38. The van der Waals surface area contributed by atoms with E-state index < -0.39 is 0 Å². The smallest absolute Gasteiger partial charge is 0.336 e. The molecule has 27 heavy (non-hydrogen) atoms. The van der Waals surface area contributed by atoms with Crippen LogP contribution in [0.1, 0.15) is 35.8 Å². The van der Waals surface area contributed by atoms with Crippen LogP contribution in [0.25, 0.3) is 11.0 Å². The zero-order chi connectivity index (χ0) is 18.6. The summed E-state index contributed by atoms with van der Waals surface area (Å²) in [5.74, 6) is 0. The first kappa shape index (κ1) is 18.4. The largest absolute Gasteiger partial charge is 0.423 e. The van der Waals surface area contributed by atoms with E-state index in [9.17, 15) is 4.79 Å². The number of hydrogen-bond donors (Lipinski definition) is 1. The minimum atomic E-state index is -0.265. The maximum absolute atomic E-state index is 12.1. The maximum Gasteiger partial charge on any atom is 0.336 e. The number of ether oxygens (including phenoxy) is 1. The van der Waals surface area contributed by atoms with Crippen LogP contribution in [0.2, 0.25) is 0 Å². The zero-order valence-electron chi connectivity index (χ0n) is 15.7. The van der Waals surface area contributed by atoms with E-state index in [-0.39, 0.29) is 5.63 Å². The van der Waals surface area contributed by atoms with Gasteiger partial charge in [0.05, 0.1) is 4.88 Å². The van der Waals surface area contributed by atoms with E-state index >= 15 is 0 Å². The van der Waals surface area contributed by atoms with Gasteiger partial charge in [-0.3, -0.25) is 0 Å². The highest BCUT2D eigenvalue weighted by Gasteiger charge is 2.23. The lowest BCUT2D eigenvalue weighted by molar-refractivity contribution is -0.930. The number of rotatable bonds is 7. The van der Waals surface area contributed by atoms with Crippen molar-refractivity contribution in [1.29, 1.82) is 0 Å². The summed E-state index contributed by atoms with van der Waals surface area (Å²) < 4.78 is 11.4. The molecule has 0 spiro atoms. The maximum atomic E-state index is 12.1. The highest BCUT2D eigenvalue weighted by atomic mass is 32.1. The van der Waals surface area contributed by atoms with Crippen molar-refractivity contribution in [1.82, 2.24) is 0 Å². The van der Waals surface area contributed by atoms with Crippen LogP contribution in [0.5, 0.6) is 0 Å². The second-order valence-corrected chi connectivity index (χ2v) is 8.33. The first-order valence-corrected chi connectivity index (χ1v) is 10.6. The van der Waals surface area contributed by atoms with E-state index in [4.69, 9.17) is 9.15 Å². The van der Waals surface area contributed by atoms with Gasteiger partial charge in [0.15, 0.2) is 0 Å². The summed E-state index contributed by atoms with van der Waals surface area (Å²) in [6, 6.07) is 12.2. The highest BCUT2D eigenvalue weighted by molar-refractivity contribution is 7.09. The number of nitrogens with one attached hydrogen (secondary N) is 1. The van der Waals surface area contributed by atoms with E-state index in [1.54, 1.807) is 17.4 Å². The van der Waals surface area contributed by atoms with Crippen LogP contribution < -0.4 is 10.5 Å². The van der Waals surface area contributed by atoms with Gasteiger partial charge in [-0.25, -0.2) is 4.79 Å². The third-order valence-corrected chi connectivity index (χ3v) is 6.16. The van der Waals surface area contributed by atoms with Crippen molar-refractivity contribution < 1.29 is 14.1 Å². The Morgan fingerprint density at radius 3 is 2.89 bits per heavy atom. The lowest BCUT2D eigenvalue weighted by Gasteiger charge is -2.22. The van der Waals surface area contributed by atoms with Crippen molar-refractivity contribution in [2.75, 3.05) is 13.2 Å². The fourth-order valence-electron chi connectivity index (χ4n) is 3.90. The molecular formula is C22H26NO3S+. The molecule has 2 aromatic heterocycles. The molecule has 1 N–H and O–H groups in total. The lowest BCUT2D eigenvalue weighted by Crippen LogP contribution is -3.10. The molecular weight excluding hydrogens is 358 g/mol. The molecule has 3 heterocycles. The van der Waals surface area contributed by atoms with Crippen LogP contribution in [-0.2, 0) is 24.2 Å². The van der Waals surface area contributed by atoms with E-state index in [0.717, 1.165) is 56.5 Å². The van der Waals surface area contributed by atoms with E-state index in [0.29, 0.717) is 11.7 Å². The minimum Gasteiger partial charge on any atom is -0.423 e. The van der Waals surface area contributed by atoms with Crippen LogP contribution in [0.15, 0.2) is 51.0 Å². The number of hydrogen-bond acceptors (Lipinski definition) is 4. The fourth-order valence-corrected chi connectivity index (χ4v) is 4.68. The van der Waals surface area contributed by atoms with Gasteiger partial charge in [0.1, 0.15) is 31.3 Å². The lowest BCUT2D eigenvalue weighted by atomic mass is 10.1. The molecule has 4 nitrogen and oxygen atoms in total. The molecule has 2 atom stereocenters. The topological polar surface area (TPSA) is 43.9 Å². The number of aryl methyl sites for hydroxylation is 1. The summed E-state index contributed by atoms with van der Waals surface area (Å²) in [6.07, 6.45) is 3.52. The van der Waals surface area contributed by atoms with Crippen molar-refractivity contribution in [2.24, 2.45) is 0 Å². The average molecular weight is 385 g/mol. The summed E-state index contributed by atoms with van der Waals surface area (Å²) in [5.41, 5.74) is 2.68. The van der Waals surface area contributed by atoms with Gasteiger partial charge in [-0.15, -0.1) is 11.3 Å². The highest BCUT2D eigenvalue weighted by Crippen LogP contribution is 2.19. The van der Waals surface area contributed by atoms with E-state index in [1.807, 2.05) is 6.07 Å². The molecule has 5 heteroatoms. The Morgan fingerprint density at radius 1 is 1.22 bits per heavy atom. The monoisotopic (exact) mass is 384 g/mol. The normalized spacial score (nSPS) is 18.2. The molecule has 0 amide bonds. The SMILES string of the molecule is CCc1ccc2c(C[NH+](Cc3cccs3)C[C@@H]3CCCO3)cc(=O)oc2c1. The molecule has 0 saturated carbocycles. The van der Waals surface area contributed by atoms with Crippen molar-refractivity contribution in [3.63, 3.8) is 0 Å². The van der Waals surface area contributed by atoms with Crippen molar-refractivity contribution in [3.8, 4) is 0 Å². The number of fused-ring (bicyclic) bond motifs is 1. The molecule has 4 rings (SSSR count).